The zero-order chi connectivity index (χ0) is 19.0. The lowest BCUT2D eigenvalue weighted by Gasteiger charge is -2.11. The molecular formula is C18H19N5O3. The summed E-state index contributed by atoms with van der Waals surface area (Å²) in [6.45, 7) is 7.40. The topological polar surface area (TPSA) is 103 Å². The van der Waals surface area contributed by atoms with Gasteiger partial charge in [0.25, 0.3) is 11.6 Å². The molecule has 3 aromatic rings. The van der Waals surface area contributed by atoms with Crippen LogP contribution in [-0.4, -0.2) is 25.6 Å². The zero-order valence-electron chi connectivity index (χ0n) is 15.0. The van der Waals surface area contributed by atoms with Gasteiger partial charge in [0.2, 0.25) is 0 Å². The van der Waals surface area contributed by atoms with Crippen LogP contribution in [0.15, 0.2) is 30.5 Å². The lowest BCUT2D eigenvalue weighted by atomic mass is 10.1. The molecule has 26 heavy (non-hydrogen) atoms. The Balaban J connectivity index is 2.04. The SMILES string of the molecule is Cc1cc(C(=O)Nc2cccc([N+](=O)[O-])c2C)c2cnn(C(C)C)c2n1. The number of nitro benzene ring substituents is 1. The fraction of sp³-hybridized carbons (Fsp3) is 0.278. The quantitative estimate of drug-likeness (QED) is 0.568. The highest BCUT2D eigenvalue weighted by atomic mass is 16.6. The van der Waals surface area contributed by atoms with E-state index >= 15 is 0 Å². The maximum absolute atomic E-state index is 12.8. The normalized spacial score (nSPS) is 11.1. The van der Waals surface area contributed by atoms with Crippen molar-refractivity contribution in [3.63, 3.8) is 0 Å². The van der Waals surface area contributed by atoms with Crippen molar-refractivity contribution in [3.05, 3.63) is 57.4 Å². The van der Waals surface area contributed by atoms with Gasteiger partial charge >= 0.3 is 0 Å². The number of pyridine rings is 1. The molecule has 3 rings (SSSR count). The highest BCUT2D eigenvalue weighted by molar-refractivity contribution is 6.12. The molecular weight excluding hydrogens is 334 g/mol. The molecule has 0 aliphatic carbocycles. The Hall–Kier alpha value is -3.29. The van der Waals surface area contributed by atoms with E-state index in [-0.39, 0.29) is 17.6 Å². The Morgan fingerprint density at radius 3 is 2.69 bits per heavy atom. The maximum atomic E-state index is 12.8. The highest BCUT2D eigenvalue weighted by Gasteiger charge is 2.19. The van der Waals surface area contributed by atoms with Gasteiger partial charge in [0.05, 0.1) is 33.3 Å². The van der Waals surface area contributed by atoms with Gasteiger partial charge < -0.3 is 5.32 Å². The summed E-state index contributed by atoms with van der Waals surface area (Å²) in [5, 5.41) is 18.8. The number of carbonyl (C=O) groups is 1. The molecule has 0 spiro atoms. The predicted octanol–water partition coefficient (Wildman–Crippen LogP) is 3.79. The van der Waals surface area contributed by atoms with Crippen LogP contribution in [0.4, 0.5) is 11.4 Å². The number of nitrogens with zero attached hydrogens (tertiary/aromatic N) is 4. The van der Waals surface area contributed by atoms with Crippen molar-refractivity contribution in [1.29, 1.82) is 0 Å². The van der Waals surface area contributed by atoms with Gasteiger partial charge in [0.1, 0.15) is 0 Å². The van der Waals surface area contributed by atoms with E-state index in [4.69, 9.17) is 0 Å². The van der Waals surface area contributed by atoms with Gasteiger partial charge in [-0.1, -0.05) is 6.07 Å². The lowest BCUT2D eigenvalue weighted by Crippen LogP contribution is -2.14. The predicted molar refractivity (Wildman–Crippen MR) is 98.4 cm³/mol. The van der Waals surface area contributed by atoms with Crippen molar-refractivity contribution >= 4 is 28.3 Å². The number of hydrogen-bond acceptors (Lipinski definition) is 5. The molecule has 0 unspecified atom stereocenters. The number of nitro groups is 1. The van der Waals surface area contributed by atoms with Gasteiger partial charge in [0, 0.05) is 17.8 Å². The van der Waals surface area contributed by atoms with E-state index in [0.717, 1.165) is 0 Å². The monoisotopic (exact) mass is 353 g/mol. The Morgan fingerprint density at radius 2 is 2.04 bits per heavy atom. The molecule has 2 heterocycles. The molecule has 0 saturated carbocycles. The molecule has 0 bridgehead atoms. The summed E-state index contributed by atoms with van der Waals surface area (Å²) in [6, 6.07) is 6.40. The first-order valence-corrected chi connectivity index (χ1v) is 8.19. The van der Waals surface area contributed by atoms with Crippen LogP contribution in [-0.2, 0) is 0 Å². The average molecular weight is 353 g/mol. The molecule has 1 aromatic carbocycles. The minimum atomic E-state index is -0.466. The number of rotatable bonds is 4. The van der Waals surface area contributed by atoms with Crippen LogP contribution in [0.1, 0.15) is 41.5 Å². The third-order valence-corrected chi connectivity index (χ3v) is 4.18. The smallest absolute Gasteiger partial charge is 0.274 e. The Labute approximate surface area is 150 Å². The Morgan fingerprint density at radius 1 is 1.31 bits per heavy atom. The van der Waals surface area contributed by atoms with Gasteiger partial charge in [-0.05, 0) is 39.8 Å². The first-order chi connectivity index (χ1) is 12.3. The van der Waals surface area contributed by atoms with Crippen LogP contribution in [0.5, 0.6) is 0 Å². The van der Waals surface area contributed by atoms with Crippen molar-refractivity contribution in [1.82, 2.24) is 14.8 Å². The van der Waals surface area contributed by atoms with Crippen molar-refractivity contribution in [2.24, 2.45) is 0 Å². The number of carbonyl (C=O) groups excluding carboxylic acids is 1. The summed E-state index contributed by atoms with van der Waals surface area (Å²) in [5.74, 6) is -0.354. The first-order valence-electron chi connectivity index (χ1n) is 8.19. The van der Waals surface area contributed by atoms with E-state index in [1.165, 1.54) is 6.07 Å². The third-order valence-electron chi connectivity index (χ3n) is 4.18. The number of aryl methyl sites for hydroxylation is 1. The molecule has 0 aliphatic rings. The van der Waals surface area contributed by atoms with Crippen LogP contribution < -0.4 is 5.32 Å². The number of hydrogen-bond donors (Lipinski definition) is 1. The summed E-state index contributed by atoms with van der Waals surface area (Å²) < 4.78 is 1.76. The fourth-order valence-electron chi connectivity index (χ4n) is 2.86. The summed E-state index contributed by atoms with van der Waals surface area (Å²) in [4.78, 5) is 28.0. The Bertz CT molecular complexity index is 1020. The zero-order valence-corrected chi connectivity index (χ0v) is 15.0. The molecule has 134 valence electrons. The van der Waals surface area contributed by atoms with Gasteiger partial charge in [0.15, 0.2) is 5.65 Å². The van der Waals surface area contributed by atoms with E-state index in [9.17, 15) is 14.9 Å². The molecule has 1 amide bonds. The molecule has 0 saturated heterocycles. The van der Waals surface area contributed by atoms with Gasteiger partial charge in [-0.25, -0.2) is 9.67 Å². The summed E-state index contributed by atoms with van der Waals surface area (Å²) in [5.41, 5.74) is 2.55. The molecule has 0 atom stereocenters. The van der Waals surface area contributed by atoms with E-state index in [1.54, 1.807) is 36.0 Å². The third kappa shape index (κ3) is 3.01. The average Bonchev–Trinajstić information content (AvgIpc) is 2.99. The minimum Gasteiger partial charge on any atom is -0.321 e. The number of amides is 1. The van der Waals surface area contributed by atoms with Crippen LogP contribution in [0, 0.1) is 24.0 Å². The largest absolute Gasteiger partial charge is 0.321 e. The highest BCUT2D eigenvalue weighted by Crippen LogP contribution is 2.27. The minimum absolute atomic E-state index is 0.0357. The number of fused-ring (bicyclic) bond motifs is 1. The maximum Gasteiger partial charge on any atom is 0.274 e. The summed E-state index contributed by atoms with van der Waals surface area (Å²) in [6.07, 6.45) is 1.62. The Kier molecular flexibility index (Phi) is 4.41. The molecule has 1 N–H and O–H groups in total. The van der Waals surface area contributed by atoms with Gasteiger partial charge in [-0.3, -0.25) is 14.9 Å². The van der Waals surface area contributed by atoms with Crippen molar-refractivity contribution in [2.45, 2.75) is 33.7 Å². The van der Waals surface area contributed by atoms with Crippen LogP contribution in [0.3, 0.4) is 0 Å². The molecule has 8 nitrogen and oxygen atoms in total. The lowest BCUT2D eigenvalue weighted by molar-refractivity contribution is -0.385. The van der Waals surface area contributed by atoms with Crippen LogP contribution in [0.2, 0.25) is 0 Å². The number of benzene rings is 1. The van der Waals surface area contributed by atoms with Crippen molar-refractivity contribution in [3.8, 4) is 0 Å². The van der Waals surface area contributed by atoms with Gasteiger partial charge in [-0.15, -0.1) is 0 Å². The van der Waals surface area contributed by atoms with Crippen molar-refractivity contribution < 1.29 is 9.72 Å². The number of anilines is 1. The second kappa shape index (κ2) is 6.55. The van der Waals surface area contributed by atoms with E-state index < -0.39 is 4.92 Å². The number of nitrogens with one attached hydrogen (secondary N) is 1. The number of aromatic nitrogens is 3. The van der Waals surface area contributed by atoms with E-state index in [0.29, 0.717) is 33.5 Å². The second-order valence-electron chi connectivity index (χ2n) is 6.39. The summed E-state index contributed by atoms with van der Waals surface area (Å²) >= 11 is 0. The molecule has 8 heteroatoms. The molecule has 0 aliphatic heterocycles. The van der Waals surface area contributed by atoms with Crippen LogP contribution >= 0.6 is 0 Å². The van der Waals surface area contributed by atoms with Gasteiger partial charge in [-0.2, -0.15) is 5.10 Å². The summed E-state index contributed by atoms with van der Waals surface area (Å²) in [7, 11) is 0. The molecule has 0 fully saturated rings. The van der Waals surface area contributed by atoms with Crippen LogP contribution in [0.25, 0.3) is 11.0 Å². The standard InChI is InChI=1S/C18H19N5O3/c1-10(2)22-17-14(9-19-22)13(8-11(3)20-17)18(24)21-15-6-5-7-16(12(15)4)23(25)26/h5-10H,1-4H3,(H,21,24). The van der Waals surface area contributed by atoms with Crippen molar-refractivity contribution in [2.75, 3.05) is 5.32 Å². The first kappa shape index (κ1) is 17.5. The molecule has 0 radical (unpaired) electrons. The fourth-order valence-corrected chi connectivity index (χ4v) is 2.86. The van der Waals surface area contributed by atoms with E-state index in [2.05, 4.69) is 15.4 Å². The second-order valence-corrected chi connectivity index (χ2v) is 6.39. The molecule has 2 aromatic heterocycles. The van der Waals surface area contributed by atoms with E-state index in [1.807, 2.05) is 20.8 Å².